The van der Waals surface area contributed by atoms with Crippen LogP contribution in [0.4, 0.5) is 0 Å². The third kappa shape index (κ3) is 3.90. The normalized spacial score (nSPS) is 15.9. The molecule has 1 heterocycles. The van der Waals surface area contributed by atoms with Crippen LogP contribution in [0.25, 0.3) is 11.0 Å². The van der Waals surface area contributed by atoms with E-state index in [1.165, 1.54) is 6.92 Å². The van der Waals surface area contributed by atoms with Crippen LogP contribution in [-0.2, 0) is 9.53 Å². The van der Waals surface area contributed by atoms with Crippen LogP contribution in [0.3, 0.4) is 0 Å². The first kappa shape index (κ1) is 17.2. The lowest BCUT2D eigenvalue weighted by Gasteiger charge is -2.16. The highest BCUT2D eigenvalue weighted by molar-refractivity contribution is 5.91. The smallest absolute Gasteiger partial charge is 0.375 e. The maximum atomic E-state index is 12.2. The summed E-state index contributed by atoms with van der Waals surface area (Å²) < 4.78 is 10.6. The Kier molecular flexibility index (Phi) is 4.88. The lowest BCUT2D eigenvalue weighted by atomic mass is 10.1. The molecular weight excluding hydrogens is 322 g/mol. The summed E-state index contributed by atoms with van der Waals surface area (Å²) in [5.41, 5.74) is 0.917. The van der Waals surface area contributed by atoms with Gasteiger partial charge >= 0.3 is 5.97 Å². The van der Waals surface area contributed by atoms with E-state index in [1.807, 2.05) is 6.92 Å². The number of carbonyl (C=O) groups excluding carboxylic acids is 2. The summed E-state index contributed by atoms with van der Waals surface area (Å²) in [6, 6.07) is 6.38. The Morgan fingerprint density at radius 1 is 1.24 bits per heavy atom. The van der Waals surface area contributed by atoms with Gasteiger partial charge in [0.15, 0.2) is 11.5 Å². The van der Waals surface area contributed by atoms with E-state index in [4.69, 9.17) is 9.15 Å². The molecule has 132 valence electrons. The summed E-state index contributed by atoms with van der Waals surface area (Å²) in [6.45, 7) is 3.37. The van der Waals surface area contributed by atoms with E-state index in [9.17, 15) is 14.4 Å². The minimum absolute atomic E-state index is 0.149. The first-order valence-corrected chi connectivity index (χ1v) is 8.50. The summed E-state index contributed by atoms with van der Waals surface area (Å²) in [5.74, 6) is -1.37. The fraction of sp³-hybridized carbons (Fsp3) is 0.421. The minimum Gasteiger partial charge on any atom is -0.449 e. The number of hydrogen-bond donors (Lipinski definition) is 1. The quantitative estimate of drug-likeness (QED) is 0.863. The van der Waals surface area contributed by atoms with Crippen LogP contribution in [0, 0.1) is 6.92 Å². The summed E-state index contributed by atoms with van der Waals surface area (Å²) in [7, 11) is 0. The average Bonchev–Trinajstić information content (AvgIpc) is 3.08. The molecule has 6 heteroatoms. The van der Waals surface area contributed by atoms with Gasteiger partial charge in [0.05, 0.1) is 5.39 Å². The van der Waals surface area contributed by atoms with Gasteiger partial charge in [-0.15, -0.1) is 0 Å². The van der Waals surface area contributed by atoms with Gasteiger partial charge in [0.25, 0.3) is 5.91 Å². The average molecular weight is 343 g/mol. The number of carbonyl (C=O) groups is 2. The van der Waals surface area contributed by atoms with Gasteiger partial charge in [-0.3, -0.25) is 9.59 Å². The lowest BCUT2D eigenvalue weighted by molar-refractivity contribution is -0.129. The van der Waals surface area contributed by atoms with Crippen LogP contribution in [0.15, 0.2) is 33.5 Å². The van der Waals surface area contributed by atoms with Gasteiger partial charge < -0.3 is 14.5 Å². The Labute approximate surface area is 145 Å². The maximum Gasteiger partial charge on any atom is 0.375 e. The fourth-order valence-electron chi connectivity index (χ4n) is 3.03. The van der Waals surface area contributed by atoms with Gasteiger partial charge in [-0.05, 0) is 38.8 Å². The van der Waals surface area contributed by atoms with Crippen molar-refractivity contribution in [3.8, 4) is 0 Å². The molecule has 0 saturated heterocycles. The Hall–Kier alpha value is -2.63. The largest absolute Gasteiger partial charge is 0.449 e. The number of rotatable bonds is 4. The third-order valence-electron chi connectivity index (χ3n) is 4.44. The van der Waals surface area contributed by atoms with Crippen LogP contribution in [0.5, 0.6) is 0 Å². The van der Waals surface area contributed by atoms with Crippen LogP contribution in [0.1, 0.15) is 48.7 Å². The van der Waals surface area contributed by atoms with Gasteiger partial charge in [0.2, 0.25) is 5.76 Å². The van der Waals surface area contributed by atoms with Crippen LogP contribution < -0.4 is 10.7 Å². The second kappa shape index (κ2) is 7.09. The van der Waals surface area contributed by atoms with Crippen molar-refractivity contribution in [3.05, 3.63) is 45.8 Å². The molecule has 0 spiro atoms. The van der Waals surface area contributed by atoms with Gasteiger partial charge in [-0.25, -0.2) is 4.79 Å². The molecule has 0 aliphatic heterocycles. The molecule has 1 aromatic heterocycles. The number of fused-ring (bicyclic) bond motifs is 1. The molecule has 1 N–H and O–H groups in total. The number of amides is 1. The highest BCUT2D eigenvalue weighted by Gasteiger charge is 2.24. The van der Waals surface area contributed by atoms with Crippen molar-refractivity contribution in [2.24, 2.45) is 0 Å². The Balaban J connectivity index is 1.72. The molecule has 1 aromatic carbocycles. The standard InChI is InChI=1S/C19H21NO5/c1-11-7-8-16-14(9-11)15(21)10-17(25-16)19(23)24-12(2)18(22)20-13-5-3-4-6-13/h7-10,12-13H,3-6H2,1-2H3,(H,20,22)/t12-/m0/s1. The van der Waals surface area contributed by atoms with Crippen molar-refractivity contribution in [3.63, 3.8) is 0 Å². The topological polar surface area (TPSA) is 85.6 Å². The molecular formula is C19H21NO5. The first-order valence-electron chi connectivity index (χ1n) is 8.50. The van der Waals surface area contributed by atoms with Crippen LogP contribution in [0.2, 0.25) is 0 Å². The molecule has 1 aliphatic carbocycles. The number of esters is 1. The molecule has 2 aromatic rings. The monoisotopic (exact) mass is 343 g/mol. The Morgan fingerprint density at radius 2 is 1.96 bits per heavy atom. The lowest BCUT2D eigenvalue weighted by Crippen LogP contribution is -2.40. The Bertz CT molecular complexity index is 864. The van der Waals surface area contributed by atoms with Gasteiger partial charge in [0.1, 0.15) is 5.58 Å². The van der Waals surface area contributed by atoms with E-state index in [-0.39, 0.29) is 23.1 Å². The molecule has 25 heavy (non-hydrogen) atoms. The molecule has 1 atom stereocenters. The predicted molar refractivity (Wildman–Crippen MR) is 92.5 cm³/mol. The van der Waals surface area contributed by atoms with Crippen molar-refractivity contribution >= 4 is 22.8 Å². The summed E-state index contributed by atoms with van der Waals surface area (Å²) in [6.07, 6.45) is 3.14. The zero-order valence-corrected chi connectivity index (χ0v) is 14.3. The van der Waals surface area contributed by atoms with E-state index < -0.39 is 12.1 Å². The zero-order valence-electron chi connectivity index (χ0n) is 14.3. The minimum atomic E-state index is -0.952. The molecule has 0 unspecified atom stereocenters. The second-order valence-electron chi connectivity index (χ2n) is 6.51. The summed E-state index contributed by atoms with van der Waals surface area (Å²) in [4.78, 5) is 36.5. The second-order valence-corrected chi connectivity index (χ2v) is 6.51. The number of benzene rings is 1. The predicted octanol–water partition coefficient (Wildman–Crippen LogP) is 2.71. The highest BCUT2D eigenvalue weighted by atomic mass is 16.6. The Morgan fingerprint density at radius 3 is 2.68 bits per heavy atom. The van der Waals surface area contributed by atoms with Crippen molar-refractivity contribution in [2.75, 3.05) is 0 Å². The first-order chi connectivity index (χ1) is 11.9. The molecule has 6 nitrogen and oxygen atoms in total. The highest BCUT2D eigenvalue weighted by Crippen LogP contribution is 2.18. The molecule has 0 bridgehead atoms. The van der Waals surface area contributed by atoms with E-state index in [2.05, 4.69) is 5.32 Å². The zero-order chi connectivity index (χ0) is 18.0. The molecule has 1 amide bonds. The van der Waals surface area contributed by atoms with Crippen LogP contribution >= 0.6 is 0 Å². The summed E-state index contributed by atoms with van der Waals surface area (Å²) >= 11 is 0. The SMILES string of the molecule is Cc1ccc2oc(C(=O)O[C@@H](C)C(=O)NC3CCCC3)cc(=O)c2c1. The molecule has 1 saturated carbocycles. The molecule has 0 radical (unpaired) electrons. The molecule has 1 fully saturated rings. The van der Waals surface area contributed by atoms with Crippen molar-refractivity contribution < 1.29 is 18.7 Å². The number of ether oxygens (including phenoxy) is 1. The van der Waals surface area contributed by atoms with Crippen LogP contribution in [-0.4, -0.2) is 24.0 Å². The van der Waals surface area contributed by atoms with Crippen molar-refractivity contribution in [1.29, 1.82) is 0 Å². The van der Waals surface area contributed by atoms with Crippen molar-refractivity contribution in [2.45, 2.75) is 51.7 Å². The van der Waals surface area contributed by atoms with Gasteiger partial charge in [-0.2, -0.15) is 0 Å². The number of aryl methyl sites for hydroxylation is 1. The van der Waals surface area contributed by atoms with Gasteiger partial charge in [0, 0.05) is 12.1 Å². The van der Waals surface area contributed by atoms with E-state index >= 15 is 0 Å². The molecule has 3 rings (SSSR count). The summed E-state index contributed by atoms with van der Waals surface area (Å²) in [5, 5.41) is 3.28. The van der Waals surface area contributed by atoms with E-state index in [0.29, 0.717) is 11.0 Å². The number of hydrogen-bond acceptors (Lipinski definition) is 5. The number of nitrogens with one attached hydrogen (secondary N) is 1. The van der Waals surface area contributed by atoms with Crippen molar-refractivity contribution in [1.82, 2.24) is 5.32 Å². The molecule has 1 aliphatic rings. The maximum absolute atomic E-state index is 12.2. The van der Waals surface area contributed by atoms with E-state index in [0.717, 1.165) is 37.3 Å². The van der Waals surface area contributed by atoms with Gasteiger partial charge in [-0.1, -0.05) is 24.5 Å². The van der Waals surface area contributed by atoms with E-state index in [1.54, 1.807) is 18.2 Å². The fourth-order valence-corrected chi connectivity index (χ4v) is 3.03. The third-order valence-corrected chi connectivity index (χ3v) is 4.44.